The molecule has 0 atom stereocenters. The molecule has 6 nitrogen and oxygen atoms in total. The van der Waals surface area contributed by atoms with E-state index in [-0.39, 0.29) is 5.69 Å². The van der Waals surface area contributed by atoms with Crippen LogP contribution in [0.15, 0.2) is 30.5 Å². The monoisotopic (exact) mass is 228 g/mol. The van der Waals surface area contributed by atoms with Crippen LogP contribution in [0.25, 0.3) is 5.69 Å². The summed E-state index contributed by atoms with van der Waals surface area (Å²) < 4.78 is 5.93. The average Bonchev–Trinajstić information content (AvgIpc) is 2.87. The zero-order valence-corrected chi connectivity index (χ0v) is 8.99. The molecular weight excluding hydrogens is 220 g/mol. The second-order valence-corrected chi connectivity index (χ2v) is 3.20. The van der Waals surface area contributed by atoms with Gasteiger partial charge in [0.2, 0.25) is 0 Å². The van der Waals surface area contributed by atoms with Crippen molar-refractivity contribution < 1.29 is 9.53 Å². The topological polar surface area (TPSA) is 80.8 Å². The van der Waals surface area contributed by atoms with E-state index < -0.39 is 5.97 Å². The van der Waals surface area contributed by atoms with E-state index in [1.807, 2.05) is 6.07 Å². The predicted octanol–water partition coefficient (Wildman–Crippen LogP) is 0.926. The minimum atomic E-state index is -0.548. The minimum absolute atomic E-state index is 0.120. The van der Waals surface area contributed by atoms with E-state index in [0.717, 1.165) is 0 Å². The number of ether oxygens (including phenoxy) is 1. The first-order chi connectivity index (χ1) is 8.24. The highest BCUT2D eigenvalue weighted by Gasteiger charge is 2.11. The summed E-state index contributed by atoms with van der Waals surface area (Å²) in [5.74, 6) is -0.548. The van der Waals surface area contributed by atoms with Crippen LogP contribution in [0.4, 0.5) is 0 Å². The number of esters is 1. The van der Waals surface area contributed by atoms with Crippen LogP contribution in [0.3, 0.4) is 0 Å². The van der Waals surface area contributed by atoms with Crippen LogP contribution in [0.1, 0.15) is 16.1 Å². The van der Waals surface area contributed by atoms with Gasteiger partial charge in [-0.3, -0.25) is 0 Å². The number of rotatable bonds is 2. The maximum Gasteiger partial charge on any atom is 0.360 e. The van der Waals surface area contributed by atoms with Crippen LogP contribution in [-0.4, -0.2) is 28.1 Å². The molecule has 0 N–H and O–H groups in total. The molecule has 0 saturated heterocycles. The van der Waals surface area contributed by atoms with Crippen molar-refractivity contribution in [2.24, 2.45) is 0 Å². The normalized spacial score (nSPS) is 9.65. The Morgan fingerprint density at radius 2 is 2.35 bits per heavy atom. The van der Waals surface area contributed by atoms with Gasteiger partial charge in [-0.2, -0.15) is 5.26 Å². The number of hydrogen-bond acceptors (Lipinski definition) is 5. The zero-order valence-electron chi connectivity index (χ0n) is 8.99. The maximum absolute atomic E-state index is 11.2. The standard InChI is InChI=1S/C11H8N4O2/c1-17-11(16)10-7-15(14-13-10)9-4-2-3-8(5-9)6-12/h2-5,7H,1H3. The molecule has 0 aliphatic rings. The lowest BCUT2D eigenvalue weighted by molar-refractivity contribution is 0.0594. The zero-order chi connectivity index (χ0) is 12.3. The van der Waals surface area contributed by atoms with Crippen molar-refractivity contribution in [2.75, 3.05) is 7.11 Å². The Hall–Kier alpha value is -2.68. The minimum Gasteiger partial charge on any atom is -0.464 e. The Bertz CT molecular complexity index is 598. The van der Waals surface area contributed by atoms with Crippen LogP contribution in [-0.2, 0) is 4.74 Å². The number of carbonyl (C=O) groups is 1. The van der Waals surface area contributed by atoms with Gasteiger partial charge in [0.25, 0.3) is 0 Å². The van der Waals surface area contributed by atoms with E-state index in [4.69, 9.17) is 5.26 Å². The number of nitrogens with zero attached hydrogens (tertiary/aromatic N) is 4. The molecule has 0 saturated carbocycles. The summed E-state index contributed by atoms with van der Waals surface area (Å²) in [6, 6.07) is 8.85. The first-order valence-corrected chi connectivity index (χ1v) is 4.76. The fourth-order valence-electron chi connectivity index (χ4n) is 1.31. The Labute approximate surface area is 97.0 Å². The Balaban J connectivity index is 2.37. The maximum atomic E-state index is 11.2. The van der Waals surface area contributed by atoms with Crippen molar-refractivity contribution in [3.8, 4) is 11.8 Å². The SMILES string of the molecule is COC(=O)c1cn(-c2cccc(C#N)c2)nn1. The van der Waals surface area contributed by atoms with E-state index in [0.29, 0.717) is 11.3 Å². The number of methoxy groups -OCH3 is 1. The van der Waals surface area contributed by atoms with Crippen molar-refractivity contribution >= 4 is 5.97 Å². The lowest BCUT2D eigenvalue weighted by atomic mass is 10.2. The van der Waals surface area contributed by atoms with Crippen LogP contribution in [0.5, 0.6) is 0 Å². The molecule has 0 aliphatic carbocycles. The molecule has 0 aliphatic heterocycles. The molecule has 0 bridgehead atoms. The molecule has 1 aromatic heterocycles. The highest BCUT2D eigenvalue weighted by atomic mass is 16.5. The summed E-state index contributed by atoms with van der Waals surface area (Å²) >= 11 is 0. The van der Waals surface area contributed by atoms with Gasteiger partial charge in [-0.15, -0.1) is 5.10 Å². The van der Waals surface area contributed by atoms with Crippen molar-refractivity contribution in [3.63, 3.8) is 0 Å². The molecule has 2 aromatic rings. The molecule has 2 rings (SSSR count). The van der Waals surface area contributed by atoms with Gasteiger partial charge in [0.15, 0.2) is 5.69 Å². The van der Waals surface area contributed by atoms with E-state index >= 15 is 0 Å². The van der Waals surface area contributed by atoms with Crippen LogP contribution in [0.2, 0.25) is 0 Å². The molecule has 0 amide bonds. The van der Waals surface area contributed by atoms with Gasteiger partial charge < -0.3 is 4.74 Å². The van der Waals surface area contributed by atoms with Gasteiger partial charge in [-0.25, -0.2) is 9.48 Å². The van der Waals surface area contributed by atoms with Crippen molar-refractivity contribution in [1.29, 1.82) is 5.26 Å². The first-order valence-electron chi connectivity index (χ1n) is 4.76. The van der Waals surface area contributed by atoms with Gasteiger partial charge in [-0.05, 0) is 18.2 Å². The number of benzene rings is 1. The second kappa shape index (κ2) is 4.45. The molecule has 0 spiro atoms. The van der Waals surface area contributed by atoms with Gasteiger partial charge in [0.05, 0.1) is 30.6 Å². The molecule has 84 valence electrons. The molecule has 17 heavy (non-hydrogen) atoms. The molecular formula is C11H8N4O2. The summed E-state index contributed by atoms with van der Waals surface area (Å²) in [6.45, 7) is 0. The van der Waals surface area contributed by atoms with Gasteiger partial charge in [0, 0.05) is 0 Å². The molecule has 0 radical (unpaired) electrons. The molecule has 0 unspecified atom stereocenters. The van der Waals surface area contributed by atoms with E-state index in [2.05, 4.69) is 15.0 Å². The number of hydrogen-bond donors (Lipinski definition) is 0. The lowest BCUT2D eigenvalue weighted by Crippen LogP contribution is -2.01. The predicted molar refractivity (Wildman–Crippen MR) is 57.4 cm³/mol. The van der Waals surface area contributed by atoms with Gasteiger partial charge in [0.1, 0.15) is 0 Å². The summed E-state index contributed by atoms with van der Waals surface area (Å²) in [5, 5.41) is 16.2. The second-order valence-electron chi connectivity index (χ2n) is 3.20. The number of carbonyl (C=O) groups excluding carboxylic acids is 1. The highest BCUT2D eigenvalue weighted by Crippen LogP contribution is 2.09. The van der Waals surface area contributed by atoms with Gasteiger partial charge >= 0.3 is 5.97 Å². The Kier molecular flexibility index (Phi) is 2.83. The molecule has 0 fully saturated rings. The molecule has 6 heteroatoms. The summed E-state index contributed by atoms with van der Waals surface area (Å²) in [5.41, 5.74) is 1.29. The van der Waals surface area contributed by atoms with Crippen molar-refractivity contribution in [1.82, 2.24) is 15.0 Å². The van der Waals surface area contributed by atoms with Crippen molar-refractivity contribution in [2.45, 2.75) is 0 Å². The van der Waals surface area contributed by atoms with Crippen LogP contribution < -0.4 is 0 Å². The van der Waals surface area contributed by atoms with Crippen LogP contribution >= 0.6 is 0 Å². The van der Waals surface area contributed by atoms with E-state index in [9.17, 15) is 4.79 Å². The summed E-state index contributed by atoms with van der Waals surface area (Å²) in [7, 11) is 1.28. The van der Waals surface area contributed by atoms with Crippen molar-refractivity contribution in [3.05, 3.63) is 41.7 Å². The summed E-state index contributed by atoms with van der Waals surface area (Å²) in [6.07, 6.45) is 1.45. The Morgan fingerprint density at radius 3 is 3.06 bits per heavy atom. The fourth-order valence-corrected chi connectivity index (χ4v) is 1.31. The van der Waals surface area contributed by atoms with Crippen LogP contribution in [0, 0.1) is 11.3 Å². The first kappa shape index (κ1) is 10.8. The van der Waals surface area contributed by atoms with E-state index in [1.54, 1.807) is 24.3 Å². The van der Waals surface area contributed by atoms with Gasteiger partial charge in [-0.1, -0.05) is 11.3 Å². The number of aromatic nitrogens is 3. The third-order valence-corrected chi connectivity index (χ3v) is 2.13. The molecule has 1 heterocycles. The largest absolute Gasteiger partial charge is 0.464 e. The average molecular weight is 228 g/mol. The van der Waals surface area contributed by atoms with E-state index in [1.165, 1.54) is 18.0 Å². The Morgan fingerprint density at radius 1 is 1.53 bits per heavy atom. The smallest absolute Gasteiger partial charge is 0.360 e. The third kappa shape index (κ3) is 2.13. The quantitative estimate of drug-likeness (QED) is 0.714. The number of nitriles is 1. The summed E-state index contributed by atoms with van der Waals surface area (Å²) in [4.78, 5) is 11.2. The lowest BCUT2D eigenvalue weighted by Gasteiger charge is -1.98. The third-order valence-electron chi connectivity index (χ3n) is 2.13. The fraction of sp³-hybridized carbons (Fsp3) is 0.0909. The highest BCUT2D eigenvalue weighted by molar-refractivity contribution is 5.86. The molecule has 1 aromatic carbocycles.